The molecule has 92 valence electrons. The van der Waals surface area contributed by atoms with Gasteiger partial charge in [-0.25, -0.2) is 0 Å². The third-order valence-electron chi connectivity index (χ3n) is 3.45. The van der Waals surface area contributed by atoms with Crippen molar-refractivity contribution in [1.29, 1.82) is 0 Å². The lowest BCUT2D eigenvalue weighted by Crippen LogP contribution is -2.33. The highest BCUT2D eigenvalue weighted by atomic mass is 16.5. The van der Waals surface area contributed by atoms with Crippen molar-refractivity contribution in [3.05, 3.63) is 47.8 Å². The lowest BCUT2D eigenvalue weighted by atomic mass is 9.76. The molecule has 0 amide bonds. The first-order valence-electron chi connectivity index (χ1n) is 6.05. The van der Waals surface area contributed by atoms with E-state index in [1.54, 1.807) is 12.3 Å². The average molecular weight is 231 g/mol. The van der Waals surface area contributed by atoms with E-state index in [2.05, 4.69) is 26.0 Å². The van der Waals surface area contributed by atoms with E-state index in [1.165, 1.54) is 5.57 Å². The molecule has 1 heterocycles. The van der Waals surface area contributed by atoms with Gasteiger partial charge in [0.15, 0.2) is 0 Å². The molecule has 2 aliphatic rings. The number of allylic oxidation sites excluding steroid dienone is 3. The predicted molar refractivity (Wildman–Crippen MR) is 67.2 cm³/mol. The van der Waals surface area contributed by atoms with Crippen LogP contribution in [0.2, 0.25) is 0 Å². The second-order valence-corrected chi connectivity index (χ2v) is 5.29. The van der Waals surface area contributed by atoms with Gasteiger partial charge in [0.2, 0.25) is 0 Å². The molecule has 0 aromatic rings. The Morgan fingerprint density at radius 3 is 2.59 bits per heavy atom. The van der Waals surface area contributed by atoms with Crippen molar-refractivity contribution in [2.75, 3.05) is 0 Å². The fraction of sp³-hybridized carbons (Fsp3) is 0.467. The molecule has 0 saturated heterocycles. The van der Waals surface area contributed by atoms with E-state index in [9.17, 15) is 5.11 Å². The molecule has 2 heteroatoms. The van der Waals surface area contributed by atoms with Gasteiger partial charge in [-0.3, -0.25) is 0 Å². The van der Waals surface area contributed by atoms with Crippen LogP contribution in [0, 0.1) is 5.41 Å². The van der Waals surface area contributed by atoms with E-state index in [0.717, 1.165) is 5.57 Å². The Hall–Kier alpha value is -1.28. The van der Waals surface area contributed by atoms with Crippen LogP contribution < -0.4 is 5.11 Å². The molecule has 0 N–H and O–H groups in total. The Morgan fingerprint density at radius 1 is 1.29 bits per heavy atom. The highest BCUT2D eigenvalue weighted by molar-refractivity contribution is 5.33. The van der Waals surface area contributed by atoms with Crippen LogP contribution in [0.1, 0.15) is 27.2 Å². The quantitative estimate of drug-likeness (QED) is 0.731. The van der Waals surface area contributed by atoms with Crippen molar-refractivity contribution in [3.63, 3.8) is 0 Å². The largest absolute Gasteiger partial charge is 0.849 e. The first kappa shape index (κ1) is 12.2. The molecule has 17 heavy (non-hydrogen) atoms. The molecule has 1 aliphatic carbocycles. The average Bonchev–Trinajstić information content (AvgIpc) is 2.30. The van der Waals surface area contributed by atoms with Gasteiger partial charge < -0.3 is 9.84 Å². The Morgan fingerprint density at radius 2 is 2.06 bits per heavy atom. The van der Waals surface area contributed by atoms with Crippen molar-refractivity contribution in [1.82, 2.24) is 0 Å². The van der Waals surface area contributed by atoms with E-state index in [0.29, 0.717) is 6.42 Å². The van der Waals surface area contributed by atoms with E-state index in [4.69, 9.17) is 4.74 Å². The minimum Gasteiger partial charge on any atom is -0.849 e. The van der Waals surface area contributed by atoms with Crippen molar-refractivity contribution in [2.45, 2.75) is 39.4 Å². The van der Waals surface area contributed by atoms with Gasteiger partial charge in [-0.05, 0) is 30.6 Å². The van der Waals surface area contributed by atoms with Crippen LogP contribution >= 0.6 is 0 Å². The summed E-state index contributed by atoms with van der Waals surface area (Å²) in [5.41, 5.74) is 2.21. The molecule has 0 saturated carbocycles. The smallest absolute Gasteiger partial charge is 0.125 e. The molecular formula is C15H19O2-. The molecule has 2 rings (SSSR count). The van der Waals surface area contributed by atoms with Crippen LogP contribution in [0.25, 0.3) is 0 Å². The van der Waals surface area contributed by atoms with Gasteiger partial charge in [0, 0.05) is 5.41 Å². The van der Waals surface area contributed by atoms with E-state index in [-0.39, 0.29) is 11.5 Å². The number of rotatable bonds is 2. The number of hydrogen-bond acceptors (Lipinski definition) is 2. The highest BCUT2D eigenvalue weighted by Crippen LogP contribution is 2.37. The predicted octanol–water partition coefficient (Wildman–Crippen LogP) is 2.49. The molecule has 0 aromatic heterocycles. The van der Waals surface area contributed by atoms with Gasteiger partial charge in [-0.15, -0.1) is 6.10 Å². The lowest BCUT2D eigenvalue weighted by Gasteiger charge is -2.36. The van der Waals surface area contributed by atoms with Crippen LogP contribution in [0.3, 0.4) is 0 Å². The monoisotopic (exact) mass is 231 g/mol. The number of hydrogen-bond donors (Lipinski definition) is 0. The molecule has 0 radical (unpaired) electrons. The van der Waals surface area contributed by atoms with Crippen LogP contribution in [0.4, 0.5) is 0 Å². The van der Waals surface area contributed by atoms with Gasteiger partial charge in [0.1, 0.15) is 6.10 Å². The zero-order valence-electron chi connectivity index (χ0n) is 10.6. The van der Waals surface area contributed by atoms with Crippen LogP contribution in [0.15, 0.2) is 47.8 Å². The zero-order chi connectivity index (χ0) is 12.5. The van der Waals surface area contributed by atoms with E-state index >= 15 is 0 Å². The van der Waals surface area contributed by atoms with Gasteiger partial charge >= 0.3 is 0 Å². The maximum absolute atomic E-state index is 11.3. The Bertz CT molecular complexity index is 411. The Kier molecular flexibility index (Phi) is 3.25. The Balaban J connectivity index is 2.15. The molecular weight excluding hydrogens is 212 g/mol. The van der Waals surface area contributed by atoms with Crippen molar-refractivity contribution < 1.29 is 9.84 Å². The van der Waals surface area contributed by atoms with Crippen molar-refractivity contribution in [2.24, 2.45) is 5.41 Å². The summed E-state index contributed by atoms with van der Waals surface area (Å²) in [5, 5.41) is 11.3. The van der Waals surface area contributed by atoms with Gasteiger partial charge in [-0.2, -0.15) is 0 Å². The summed E-state index contributed by atoms with van der Waals surface area (Å²) in [5.74, 6) is 0. The summed E-state index contributed by atoms with van der Waals surface area (Å²) in [4.78, 5) is 0. The van der Waals surface area contributed by atoms with Crippen molar-refractivity contribution in [3.8, 4) is 0 Å². The first-order valence-corrected chi connectivity index (χ1v) is 6.05. The number of ether oxygens (including phenoxy) is 1. The standard InChI is InChI=1S/C15H19O2/c1-11-4-9-14(17-10-11)15(2,3)12-5-7-13(16)8-6-12/h4-7,9-10,13-14H,8H2,1-3H3/q-1. The molecule has 0 bridgehead atoms. The third kappa shape index (κ3) is 2.52. The highest BCUT2D eigenvalue weighted by Gasteiger charge is 2.32. The Labute approximate surface area is 103 Å². The normalized spacial score (nSPS) is 28.5. The summed E-state index contributed by atoms with van der Waals surface area (Å²) in [7, 11) is 0. The second kappa shape index (κ2) is 4.53. The topological polar surface area (TPSA) is 32.3 Å². The maximum atomic E-state index is 11.3. The molecule has 2 unspecified atom stereocenters. The second-order valence-electron chi connectivity index (χ2n) is 5.29. The minimum absolute atomic E-state index is 0.0327. The molecule has 0 spiro atoms. The fourth-order valence-corrected chi connectivity index (χ4v) is 2.16. The third-order valence-corrected chi connectivity index (χ3v) is 3.45. The van der Waals surface area contributed by atoms with E-state index < -0.39 is 6.10 Å². The molecule has 2 atom stereocenters. The van der Waals surface area contributed by atoms with Gasteiger partial charge in [-0.1, -0.05) is 38.2 Å². The molecule has 0 aromatic carbocycles. The zero-order valence-corrected chi connectivity index (χ0v) is 10.6. The SMILES string of the molecule is CC1=COC(C(C)(C)C2=CCC([O-])C=C2)C=C1. The van der Waals surface area contributed by atoms with Crippen LogP contribution in [-0.4, -0.2) is 12.2 Å². The van der Waals surface area contributed by atoms with Crippen molar-refractivity contribution >= 4 is 0 Å². The van der Waals surface area contributed by atoms with Crippen LogP contribution in [0.5, 0.6) is 0 Å². The summed E-state index contributed by atoms with van der Waals surface area (Å²) in [6.45, 7) is 6.32. The summed E-state index contributed by atoms with van der Waals surface area (Å²) >= 11 is 0. The fourth-order valence-electron chi connectivity index (χ4n) is 2.16. The van der Waals surface area contributed by atoms with Gasteiger partial charge in [0.25, 0.3) is 0 Å². The summed E-state index contributed by atoms with van der Waals surface area (Å²) < 4.78 is 5.73. The van der Waals surface area contributed by atoms with E-state index in [1.807, 2.05) is 19.1 Å². The minimum atomic E-state index is -0.584. The first-order chi connectivity index (χ1) is 8.00. The lowest BCUT2D eigenvalue weighted by molar-refractivity contribution is -0.402. The van der Waals surface area contributed by atoms with Crippen LogP contribution in [-0.2, 0) is 4.74 Å². The maximum Gasteiger partial charge on any atom is 0.125 e. The molecule has 1 aliphatic heterocycles. The summed E-state index contributed by atoms with van der Waals surface area (Å²) in [6.07, 6.45) is 11.7. The summed E-state index contributed by atoms with van der Waals surface area (Å²) in [6, 6.07) is 0. The van der Waals surface area contributed by atoms with Gasteiger partial charge in [0.05, 0.1) is 6.26 Å². The molecule has 2 nitrogen and oxygen atoms in total. The molecule has 0 fully saturated rings.